The number of anilines is 3. The number of benzene rings is 1. The molecule has 0 saturated carbocycles. The molecule has 9 heteroatoms. The fraction of sp³-hybridized carbons (Fsp3) is 0.545. The van der Waals surface area contributed by atoms with Crippen molar-refractivity contribution in [3.63, 3.8) is 0 Å². The van der Waals surface area contributed by atoms with Crippen LogP contribution in [-0.4, -0.2) is 70.8 Å². The van der Waals surface area contributed by atoms with Gasteiger partial charge in [-0.1, -0.05) is 12.1 Å². The number of para-hydroxylation sites is 2. The molecule has 2 aliphatic heterocycles. The topological polar surface area (TPSA) is 70.5 Å². The molecule has 31 heavy (non-hydrogen) atoms. The van der Waals surface area contributed by atoms with Crippen LogP contribution in [0.15, 0.2) is 24.3 Å². The van der Waals surface area contributed by atoms with Crippen molar-refractivity contribution in [2.45, 2.75) is 39.4 Å². The van der Waals surface area contributed by atoms with E-state index in [9.17, 15) is 0 Å². The van der Waals surface area contributed by atoms with Crippen LogP contribution in [0.3, 0.4) is 0 Å². The van der Waals surface area contributed by atoms with Crippen molar-refractivity contribution >= 4 is 39.3 Å². The number of fused-ring (bicyclic) bond motifs is 1. The molecule has 0 aliphatic carbocycles. The summed E-state index contributed by atoms with van der Waals surface area (Å²) in [6, 6.07) is 8.15. The molecule has 2 saturated heterocycles. The molecular weight excluding hydrogens is 410 g/mol. The maximum atomic E-state index is 5.97. The van der Waals surface area contributed by atoms with Gasteiger partial charge in [-0.3, -0.25) is 0 Å². The van der Waals surface area contributed by atoms with Gasteiger partial charge in [0, 0.05) is 50.8 Å². The molecule has 2 fully saturated rings. The van der Waals surface area contributed by atoms with E-state index in [1.54, 1.807) is 0 Å². The fourth-order valence-corrected chi connectivity index (χ4v) is 5.22. The summed E-state index contributed by atoms with van der Waals surface area (Å²) in [6.07, 6.45) is 1.39. The van der Waals surface area contributed by atoms with Crippen molar-refractivity contribution in [1.82, 2.24) is 19.3 Å². The zero-order valence-corrected chi connectivity index (χ0v) is 19.2. The lowest BCUT2D eigenvalue weighted by Crippen LogP contribution is -2.46. The molecule has 3 aromatic rings. The Morgan fingerprint density at radius 1 is 0.839 bits per heavy atom. The molecular formula is C22H29N7OS. The lowest BCUT2D eigenvalue weighted by molar-refractivity contribution is -0.00542. The maximum Gasteiger partial charge on any atom is 0.205 e. The van der Waals surface area contributed by atoms with Crippen LogP contribution in [0, 0.1) is 6.92 Å². The third kappa shape index (κ3) is 4.29. The molecule has 8 nitrogen and oxygen atoms in total. The number of rotatable bonds is 3. The second-order valence-electron chi connectivity index (χ2n) is 8.47. The highest BCUT2D eigenvalue weighted by Crippen LogP contribution is 2.31. The van der Waals surface area contributed by atoms with Crippen molar-refractivity contribution in [3.8, 4) is 0 Å². The Morgan fingerprint density at radius 2 is 1.45 bits per heavy atom. The summed E-state index contributed by atoms with van der Waals surface area (Å²) in [6.45, 7) is 11.6. The van der Waals surface area contributed by atoms with Crippen LogP contribution in [-0.2, 0) is 4.74 Å². The normalized spacial score (nSPS) is 22.7. The molecule has 0 radical (unpaired) electrons. The number of aromatic nitrogens is 4. The summed E-state index contributed by atoms with van der Waals surface area (Å²) in [7, 11) is 0. The van der Waals surface area contributed by atoms with Gasteiger partial charge in [0.1, 0.15) is 5.82 Å². The highest BCUT2D eigenvalue weighted by atomic mass is 32.1. The zero-order chi connectivity index (χ0) is 21.4. The molecule has 2 aliphatic rings. The summed E-state index contributed by atoms with van der Waals surface area (Å²) >= 11 is 1.49. The predicted octanol–water partition coefficient (Wildman–Crippen LogP) is 3.12. The number of morpholine rings is 1. The van der Waals surface area contributed by atoms with Gasteiger partial charge in [-0.05, 0) is 39.3 Å². The first-order valence-electron chi connectivity index (χ1n) is 11.0. The minimum absolute atomic E-state index is 0.171. The molecule has 0 amide bonds. The minimum Gasteiger partial charge on any atom is -0.372 e. The van der Waals surface area contributed by atoms with Crippen molar-refractivity contribution < 1.29 is 4.74 Å². The minimum atomic E-state index is 0.171. The maximum absolute atomic E-state index is 5.97. The molecule has 2 atom stereocenters. The summed E-state index contributed by atoms with van der Waals surface area (Å²) in [4.78, 5) is 21.9. The molecule has 1 aromatic carbocycles. The van der Waals surface area contributed by atoms with E-state index in [0.717, 1.165) is 79.3 Å². The van der Waals surface area contributed by atoms with E-state index < -0.39 is 0 Å². The first kappa shape index (κ1) is 20.4. The molecule has 0 N–H and O–H groups in total. The van der Waals surface area contributed by atoms with E-state index in [0.29, 0.717) is 0 Å². The first-order valence-corrected chi connectivity index (χ1v) is 11.8. The smallest absolute Gasteiger partial charge is 0.205 e. The highest BCUT2D eigenvalue weighted by molar-refractivity contribution is 7.09. The Bertz CT molecular complexity index is 1050. The van der Waals surface area contributed by atoms with Gasteiger partial charge in [-0.15, -0.1) is 0 Å². The van der Waals surface area contributed by atoms with Crippen LogP contribution in [0.1, 0.15) is 26.1 Å². The number of aryl methyl sites for hydroxylation is 1. The number of ether oxygens (including phenoxy) is 1. The van der Waals surface area contributed by atoms with E-state index in [1.165, 1.54) is 11.5 Å². The third-order valence-corrected chi connectivity index (χ3v) is 6.70. The van der Waals surface area contributed by atoms with Crippen LogP contribution in [0.4, 0.5) is 16.8 Å². The van der Waals surface area contributed by atoms with Crippen LogP contribution >= 0.6 is 11.5 Å². The van der Waals surface area contributed by atoms with Crippen LogP contribution in [0.5, 0.6) is 0 Å². The summed E-state index contributed by atoms with van der Waals surface area (Å²) in [5.74, 6) is 2.80. The predicted molar refractivity (Wildman–Crippen MR) is 125 cm³/mol. The Labute approximate surface area is 187 Å². The largest absolute Gasteiger partial charge is 0.372 e. The van der Waals surface area contributed by atoms with Gasteiger partial charge in [0.2, 0.25) is 5.13 Å². The van der Waals surface area contributed by atoms with Gasteiger partial charge in [-0.2, -0.15) is 4.37 Å². The Morgan fingerprint density at radius 3 is 2.10 bits per heavy atom. The molecule has 2 aromatic heterocycles. The van der Waals surface area contributed by atoms with E-state index in [1.807, 2.05) is 31.2 Å². The van der Waals surface area contributed by atoms with E-state index in [2.05, 4.69) is 37.9 Å². The second-order valence-corrected chi connectivity index (χ2v) is 9.20. The average molecular weight is 440 g/mol. The van der Waals surface area contributed by atoms with E-state index in [-0.39, 0.29) is 12.2 Å². The molecule has 0 bridgehead atoms. The number of nitrogens with zero attached hydrogens (tertiary/aromatic N) is 7. The molecule has 4 heterocycles. The highest BCUT2D eigenvalue weighted by Gasteiger charge is 2.29. The summed E-state index contributed by atoms with van der Waals surface area (Å²) in [5, 5.41) is 1.01. The Balaban J connectivity index is 1.47. The quantitative estimate of drug-likeness (QED) is 0.617. The van der Waals surface area contributed by atoms with Crippen LogP contribution < -0.4 is 14.7 Å². The Hall–Kier alpha value is -2.52. The van der Waals surface area contributed by atoms with Crippen molar-refractivity contribution in [3.05, 3.63) is 30.1 Å². The fourth-order valence-electron chi connectivity index (χ4n) is 4.49. The van der Waals surface area contributed by atoms with Gasteiger partial charge >= 0.3 is 0 Å². The van der Waals surface area contributed by atoms with Gasteiger partial charge in [0.05, 0.1) is 23.2 Å². The van der Waals surface area contributed by atoms with Crippen LogP contribution in [0.25, 0.3) is 11.0 Å². The van der Waals surface area contributed by atoms with Crippen molar-refractivity contribution in [2.24, 2.45) is 0 Å². The molecule has 2 unspecified atom stereocenters. The second kappa shape index (κ2) is 8.55. The summed E-state index contributed by atoms with van der Waals surface area (Å²) < 4.78 is 10.3. The van der Waals surface area contributed by atoms with Crippen molar-refractivity contribution in [2.75, 3.05) is 54.0 Å². The lowest BCUT2D eigenvalue weighted by Gasteiger charge is -2.38. The third-order valence-electron chi connectivity index (χ3n) is 5.84. The molecule has 164 valence electrons. The zero-order valence-electron chi connectivity index (χ0n) is 18.4. The SMILES string of the molecule is Cc1nsc(N2CCCN(c3nc4ccccc4nc3N3CC(C)OC(C)C3)CC2)n1. The van der Waals surface area contributed by atoms with Gasteiger partial charge < -0.3 is 19.4 Å². The number of hydrogen-bond acceptors (Lipinski definition) is 9. The standard InChI is InChI=1S/C22H29N7OS/c1-15-13-29(14-16(2)30-15)21-20(24-18-7-4-5-8-19(18)25-21)27-9-6-10-28(12-11-27)22-23-17(3)26-31-22/h4-5,7-8,15-16H,6,9-14H2,1-3H3. The van der Waals surface area contributed by atoms with E-state index in [4.69, 9.17) is 14.7 Å². The average Bonchev–Trinajstić information content (AvgIpc) is 3.04. The van der Waals surface area contributed by atoms with Gasteiger partial charge in [-0.25, -0.2) is 15.0 Å². The van der Waals surface area contributed by atoms with Crippen LogP contribution in [0.2, 0.25) is 0 Å². The molecule has 0 spiro atoms. The Kier molecular flexibility index (Phi) is 5.62. The lowest BCUT2D eigenvalue weighted by atomic mass is 10.2. The van der Waals surface area contributed by atoms with E-state index >= 15 is 0 Å². The van der Waals surface area contributed by atoms with Gasteiger partial charge in [0.25, 0.3) is 0 Å². The number of hydrogen-bond donors (Lipinski definition) is 0. The first-order chi connectivity index (χ1) is 15.1. The molecule has 5 rings (SSSR count). The van der Waals surface area contributed by atoms with Gasteiger partial charge in [0.15, 0.2) is 11.6 Å². The van der Waals surface area contributed by atoms with Crippen molar-refractivity contribution in [1.29, 1.82) is 0 Å². The monoisotopic (exact) mass is 439 g/mol. The summed E-state index contributed by atoms with van der Waals surface area (Å²) in [5.41, 5.74) is 1.88.